The number of esters is 1. The van der Waals surface area contributed by atoms with E-state index in [1.807, 2.05) is 48.5 Å². The summed E-state index contributed by atoms with van der Waals surface area (Å²) in [5.41, 5.74) is 36.1. The van der Waals surface area contributed by atoms with Crippen LogP contribution in [-0.4, -0.2) is 39.0 Å². The number of nitrogen functional groups attached to an aromatic ring is 4. The van der Waals surface area contributed by atoms with Gasteiger partial charge in [-0.25, -0.2) is 0 Å². The molecule has 1 aliphatic rings. The third-order valence-corrected chi connectivity index (χ3v) is 8.57. The molecule has 0 amide bonds. The summed E-state index contributed by atoms with van der Waals surface area (Å²) in [6.07, 6.45) is 4.28. The van der Waals surface area contributed by atoms with Gasteiger partial charge in [0.25, 0.3) is 0 Å². The van der Waals surface area contributed by atoms with Crippen LogP contribution in [0.2, 0.25) is 0 Å². The number of hydrogen-bond donors (Lipinski definition) is 4. The average molecular weight is 697 g/mol. The van der Waals surface area contributed by atoms with Crippen LogP contribution in [0.5, 0.6) is 23.0 Å². The lowest BCUT2D eigenvalue weighted by atomic mass is 9.90. The van der Waals surface area contributed by atoms with Crippen molar-refractivity contribution >= 4 is 28.7 Å². The van der Waals surface area contributed by atoms with E-state index in [0.717, 1.165) is 81.0 Å². The van der Waals surface area contributed by atoms with Gasteiger partial charge in [0.15, 0.2) is 0 Å². The SMILES string of the molecule is CCCOc1c2cc(N)cc1Cc1cc(N)cc(c1OCCC)Cc1cc(N)cc(c1OCCOC(C)=O)Cc1cc(N)cc(c1OCCC)C2. The Bertz CT molecular complexity index is 1750. The van der Waals surface area contributed by atoms with Crippen molar-refractivity contribution in [2.45, 2.75) is 72.6 Å². The highest BCUT2D eigenvalue weighted by Crippen LogP contribution is 2.41. The predicted octanol–water partition coefficient (Wildman–Crippen LogP) is 7.00. The third-order valence-electron chi connectivity index (χ3n) is 8.57. The first kappa shape index (κ1) is 37.0. The number of hydrogen-bond acceptors (Lipinski definition) is 10. The van der Waals surface area contributed by atoms with Gasteiger partial charge in [0.2, 0.25) is 0 Å². The summed E-state index contributed by atoms with van der Waals surface area (Å²) in [7, 11) is 0. The number of carbonyl (C=O) groups excluding carboxylic acids is 1. The Morgan fingerprint density at radius 1 is 0.451 bits per heavy atom. The summed E-state index contributed by atoms with van der Waals surface area (Å²) in [5.74, 6) is 2.57. The Labute approximate surface area is 301 Å². The second-order valence-electron chi connectivity index (χ2n) is 13.1. The average Bonchev–Trinajstić information content (AvgIpc) is 3.06. The van der Waals surface area contributed by atoms with Crippen molar-refractivity contribution < 1.29 is 28.5 Å². The fraction of sp³-hybridized carbons (Fsp3) is 0.390. The zero-order valence-corrected chi connectivity index (χ0v) is 30.4. The number of nitrogens with two attached hydrogens (primary N) is 4. The standard InChI is InChI=1S/C41H52N4O6/c1-5-8-48-38-26-13-28-19-35(43)21-30(39(28)49-9-6-2)15-32-23-37(45)24-33(41(32)51-12-11-47-25(4)46)16-31-22-36(44)20-29(40(31)50-10-7-3)14-27(38)18-34(42)17-26/h17-24H,5-16,42-45H2,1-4H3. The molecule has 0 aromatic heterocycles. The molecule has 0 spiro atoms. The van der Waals surface area contributed by atoms with E-state index in [0.29, 0.717) is 74.0 Å². The molecule has 10 nitrogen and oxygen atoms in total. The molecule has 0 heterocycles. The molecule has 0 aliphatic heterocycles. The Morgan fingerprint density at radius 3 is 0.902 bits per heavy atom. The van der Waals surface area contributed by atoms with Crippen molar-refractivity contribution in [3.63, 3.8) is 0 Å². The molecule has 0 unspecified atom stereocenters. The van der Waals surface area contributed by atoms with Gasteiger partial charge in [-0.15, -0.1) is 0 Å². The van der Waals surface area contributed by atoms with Crippen LogP contribution in [0.4, 0.5) is 22.7 Å². The van der Waals surface area contributed by atoms with Crippen LogP contribution < -0.4 is 41.9 Å². The summed E-state index contributed by atoms with van der Waals surface area (Å²) in [4.78, 5) is 11.6. The molecule has 5 rings (SSSR count). The fourth-order valence-corrected chi connectivity index (χ4v) is 6.68. The van der Waals surface area contributed by atoms with Crippen molar-refractivity contribution in [1.82, 2.24) is 0 Å². The molecule has 0 fully saturated rings. The van der Waals surface area contributed by atoms with Crippen LogP contribution in [0.3, 0.4) is 0 Å². The van der Waals surface area contributed by atoms with Gasteiger partial charge in [-0.1, -0.05) is 20.8 Å². The monoisotopic (exact) mass is 696 g/mol. The molecule has 0 saturated heterocycles. The lowest BCUT2D eigenvalue weighted by Gasteiger charge is -2.24. The number of anilines is 4. The van der Waals surface area contributed by atoms with Crippen LogP contribution in [0, 0.1) is 0 Å². The lowest BCUT2D eigenvalue weighted by Crippen LogP contribution is -2.13. The van der Waals surface area contributed by atoms with E-state index in [-0.39, 0.29) is 19.2 Å². The van der Waals surface area contributed by atoms with Crippen LogP contribution >= 0.6 is 0 Å². The van der Waals surface area contributed by atoms with Crippen molar-refractivity contribution in [2.24, 2.45) is 0 Å². The smallest absolute Gasteiger partial charge is 0.302 e. The molecule has 8 N–H and O–H groups in total. The zero-order valence-electron chi connectivity index (χ0n) is 30.4. The van der Waals surface area contributed by atoms with Crippen molar-refractivity contribution in [3.8, 4) is 23.0 Å². The van der Waals surface area contributed by atoms with E-state index in [2.05, 4.69) is 20.8 Å². The van der Waals surface area contributed by atoms with Gasteiger partial charge in [-0.3, -0.25) is 4.79 Å². The Hall–Kier alpha value is -5.25. The number of fused-ring (bicyclic) bond motifs is 8. The maximum absolute atomic E-state index is 11.6. The van der Waals surface area contributed by atoms with E-state index < -0.39 is 0 Å². The number of ether oxygens (including phenoxy) is 5. The molecule has 0 radical (unpaired) electrons. The highest BCUT2D eigenvalue weighted by molar-refractivity contribution is 5.66. The molecule has 0 saturated carbocycles. The van der Waals surface area contributed by atoms with Gasteiger partial charge < -0.3 is 46.6 Å². The van der Waals surface area contributed by atoms with Crippen molar-refractivity contribution in [2.75, 3.05) is 56.0 Å². The Kier molecular flexibility index (Phi) is 12.4. The van der Waals surface area contributed by atoms with Crippen LogP contribution in [0.1, 0.15) is 91.5 Å². The second kappa shape index (κ2) is 17.1. The molecule has 10 heteroatoms. The van der Waals surface area contributed by atoms with E-state index in [1.54, 1.807) is 0 Å². The minimum Gasteiger partial charge on any atom is -0.493 e. The molecule has 4 aromatic rings. The minimum absolute atomic E-state index is 0.0997. The largest absolute Gasteiger partial charge is 0.493 e. The first-order valence-corrected chi connectivity index (χ1v) is 17.9. The molecule has 8 bridgehead atoms. The van der Waals surface area contributed by atoms with E-state index >= 15 is 0 Å². The van der Waals surface area contributed by atoms with Crippen LogP contribution in [0.15, 0.2) is 48.5 Å². The normalized spacial score (nSPS) is 12.2. The first-order valence-electron chi connectivity index (χ1n) is 17.9. The maximum Gasteiger partial charge on any atom is 0.302 e. The van der Waals surface area contributed by atoms with Crippen LogP contribution in [-0.2, 0) is 35.2 Å². The topological polar surface area (TPSA) is 167 Å². The number of rotatable bonds is 13. The molecule has 51 heavy (non-hydrogen) atoms. The first-order chi connectivity index (χ1) is 24.6. The fourth-order valence-electron chi connectivity index (χ4n) is 6.68. The summed E-state index contributed by atoms with van der Waals surface area (Å²) in [5, 5.41) is 0. The third kappa shape index (κ3) is 9.31. The van der Waals surface area contributed by atoms with Gasteiger partial charge >= 0.3 is 5.97 Å². The number of benzene rings is 4. The van der Waals surface area contributed by atoms with Gasteiger partial charge in [0.1, 0.15) is 36.2 Å². The number of carbonyl (C=O) groups is 1. The van der Waals surface area contributed by atoms with Gasteiger partial charge in [0, 0.05) is 99.9 Å². The summed E-state index contributed by atoms with van der Waals surface area (Å²) < 4.78 is 31.3. The molecular formula is C41H52N4O6. The lowest BCUT2D eigenvalue weighted by molar-refractivity contribution is -0.141. The van der Waals surface area contributed by atoms with Gasteiger partial charge in [0.05, 0.1) is 19.8 Å². The molecule has 4 aromatic carbocycles. The van der Waals surface area contributed by atoms with Gasteiger partial charge in [-0.05, 0) is 67.8 Å². The molecule has 272 valence electrons. The van der Waals surface area contributed by atoms with E-state index in [4.69, 9.17) is 46.6 Å². The molecule has 0 atom stereocenters. The van der Waals surface area contributed by atoms with Crippen molar-refractivity contribution in [1.29, 1.82) is 0 Å². The predicted molar refractivity (Wildman–Crippen MR) is 204 cm³/mol. The molecular weight excluding hydrogens is 644 g/mol. The summed E-state index contributed by atoms with van der Waals surface area (Å²) >= 11 is 0. The minimum atomic E-state index is -0.373. The molecule has 1 aliphatic carbocycles. The maximum atomic E-state index is 11.6. The van der Waals surface area contributed by atoms with E-state index in [9.17, 15) is 4.79 Å². The van der Waals surface area contributed by atoms with Crippen LogP contribution in [0.25, 0.3) is 0 Å². The Morgan fingerprint density at radius 2 is 0.686 bits per heavy atom. The van der Waals surface area contributed by atoms with Crippen molar-refractivity contribution in [3.05, 3.63) is 93.0 Å². The zero-order chi connectivity index (χ0) is 36.5. The highest BCUT2D eigenvalue weighted by Gasteiger charge is 2.24. The highest BCUT2D eigenvalue weighted by atomic mass is 16.6. The quantitative estimate of drug-likeness (QED) is 0.0572. The van der Waals surface area contributed by atoms with Gasteiger partial charge in [-0.2, -0.15) is 0 Å². The van der Waals surface area contributed by atoms with E-state index in [1.165, 1.54) is 6.92 Å². The summed E-state index contributed by atoms with van der Waals surface area (Å²) in [6.45, 7) is 9.47. The Balaban J connectivity index is 1.80. The second-order valence-corrected chi connectivity index (χ2v) is 13.1. The summed E-state index contributed by atoms with van der Waals surface area (Å²) in [6, 6.07) is 15.6.